The first-order valence-corrected chi connectivity index (χ1v) is 4.94. The van der Waals surface area contributed by atoms with Crippen LogP contribution in [-0.2, 0) is 6.54 Å². The molecule has 0 aliphatic rings. The van der Waals surface area contributed by atoms with Crippen molar-refractivity contribution in [2.75, 3.05) is 0 Å². The Kier molecular flexibility index (Phi) is 2.90. The van der Waals surface area contributed by atoms with Crippen LogP contribution in [0.1, 0.15) is 5.89 Å². The fourth-order valence-corrected chi connectivity index (χ4v) is 1.38. The topological polar surface area (TPSA) is 64.9 Å². The van der Waals surface area contributed by atoms with Gasteiger partial charge in [-0.15, -0.1) is 10.2 Å². The highest BCUT2D eigenvalue weighted by Gasteiger charge is 2.08. The van der Waals surface area contributed by atoms with E-state index in [1.165, 1.54) is 0 Å². The van der Waals surface area contributed by atoms with Crippen molar-refractivity contribution in [1.82, 2.24) is 10.2 Å². The van der Waals surface area contributed by atoms with Crippen LogP contribution in [0.5, 0.6) is 0 Å². The monoisotopic (exact) mass is 243 g/mol. The van der Waals surface area contributed by atoms with E-state index in [4.69, 9.17) is 33.4 Å². The molecule has 0 unspecified atom stereocenters. The molecule has 0 aliphatic carbocycles. The van der Waals surface area contributed by atoms with Crippen molar-refractivity contribution in [3.8, 4) is 11.5 Å². The van der Waals surface area contributed by atoms with E-state index >= 15 is 0 Å². The van der Waals surface area contributed by atoms with Gasteiger partial charge in [-0.2, -0.15) is 0 Å². The molecule has 1 aromatic heterocycles. The Morgan fingerprint density at radius 1 is 1.20 bits per heavy atom. The van der Waals surface area contributed by atoms with Crippen LogP contribution in [0.25, 0.3) is 11.5 Å². The number of aromatic nitrogens is 2. The molecule has 0 bridgehead atoms. The van der Waals surface area contributed by atoms with Gasteiger partial charge >= 0.3 is 0 Å². The standard InChI is InChI=1S/C9H7Cl2N3O/c10-6-2-1-5(3-7(6)11)9-14-13-8(4-12)15-9/h1-3H,4,12H2. The van der Waals surface area contributed by atoms with Crippen molar-refractivity contribution < 1.29 is 4.42 Å². The quantitative estimate of drug-likeness (QED) is 0.881. The second-order valence-electron chi connectivity index (χ2n) is 2.83. The van der Waals surface area contributed by atoms with E-state index in [0.29, 0.717) is 21.8 Å². The summed E-state index contributed by atoms with van der Waals surface area (Å²) < 4.78 is 5.26. The van der Waals surface area contributed by atoms with Gasteiger partial charge in [0.25, 0.3) is 0 Å². The molecule has 2 rings (SSSR count). The molecule has 0 radical (unpaired) electrons. The van der Waals surface area contributed by atoms with Gasteiger partial charge in [-0.1, -0.05) is 23.2 Å². The minimum Gasteiger partial charge on any atom is -0.419 e. The van der Waals surface area contributed by atoms with E-state index in [1.54, 1.807) is 18.2 Å². The van der Waals surface area contributed by atoms with Gasteiger partial charge in [0.15, 0.2) is 0 Å². The molecule has 78 valence electrons. The lowest BCUT2D eigenvalue weighted by atomic mass is 10.2. The Labute approximate surface area is 96.0 Å². The third-order valence-corrected chi connectivity index (χ3v) is 2.55. The highest BCUT2D eigenvalue weighted by Crippen LogP contribution is 2.27. The Bertz CT molecular complexity index is 484. The van der Waals surface area contributed by atoms with Crippen LogP contribution < -0.4 is 5.73 Å². The number of halogens is 2. The van der Waals surface area contributed by atoms with Gasteiger partial charge in [-0.3, -0.25) is 0 Å². The van der Waals surface area contributed by atoms with Gasteiger partial charge in [-0.05, 0) is 18.2 Å². The van der Waals surface area contributed by atoms with Crippen molar-refractivity contribution in [3.05, 3.63) is 34.1 Å². The summed E-state index contributed by atoms with van der Waals surface area (Å²) in [7, 11) is 0. The van der Waals surface area contributed by atoms with Gasteiger partial charge in [0.05, 0.1) is 16.6 Å². The molecule has 0 atom stereocenters. The highest BCUT2D eigenvalue weighted by molar-refractivity contribution is 6.42. The predicted octanol–water partition coefficient (Wildman–Crippen LogP) is 2.50. The highest BCUT2D eigenvalue weighted by atomic mass is 35.5. The molecule has 15 heavy (non-hydrogen) atoms. The normalized spacial score (nSPS) is 10.6. The lowest BCUT2D eigenvalue weighted by Gasteiger charge is -1.97. The number of nitrogens with two attached hydrogens (primary N) is 1. The van der Waals surface area contributed by atoms with Crippen LogP contribution in [0, 0.1) is 0 Å². The second-order valence-corrected chi connectivity index (χ2v) is 3.65. The molecule has 0 amide bonds. The van der Waals surface area contributed by atoms with Crippen molar-refractivity contribution in [2.24, 2.45) is 5.73 Å². The summed E-state index contributed by atoms with van der Waals surface area (Å²) in [6.07, 6.45) is 0. The first-order valence-electron chi connectivity index (χ1n) is 4.18. The van der Waals surface area contributed by atoms with Gasteiger partial charge < -0.3 is 10.2 Å². The molecule has 0 saturated heterocycles. The first kappa shape index (κ1) is 10.4. The van der Waals surface area contributed by atoms with Crippen molar-refractivity contribution in [2.45, 2.75) is 6.54 Å². The van der Waals surface area contributed by atoms with Crippen LogP contribution in [0.2, 0.25) is 10.0 Å². The van der Waals surface area contributed by atoms with Gasteiger partial charge in [0.1, 0.15) is 0 Å². The molecule has 0 fully saturated rings. The number of hydrogen-bond acceptors (Lipinski definition) is 4. The lowest BCUT2D eigenvalue weighted by Crippen LogP contribution is -1.95. The minimum absolute atomic E-state index is 0.217. The molecule has 1 aromatic carbocycles. The Balaban J connectivity index is 2.40. The Hall–Kier alpha value is -1.10. The Morgan fingerprint density at radius 2 is 2.00 bits per heavy atom. The number of hydrogen-bond donors (Lipinski definition) is 1. The lowest BCUT2D eigenvalue weighted by molar-refractivity contribution is 0.508. The van der Waals surface area contributed by atoms with Crippen molar-refractivity contribution in [3.63, 3.8) is 0 Å². The summed E-state index contributed by atoms with van der Waals surface area (Å²) >= 11 is 11.6. The largest absolute Gasteiger partial charge is 0.419 e. The van der Waals surface area contributed by atoms with Gasteiger partial charge in [0.2, 0.25) is 11.8 Å². The Morgan fingerprint density at radius 3 is 2.60 bits per heavy atom. The molecule has 2 aromatic rings. The summed E-state index contributed by atoms with van der Waals surface area (Å²) in [5.74, 6) is 0.769. The van der Waals surface area contributed by atoms with Crippen molar-refractivity contribution in [1.29, 1.82) is 0 Å². The third-order valence-electron chi connectivity index (χ3n) is 1.81. The second kappa shape index (κ2) is 4.18. The zero-order valence-corrected chi connectivity index (χ0v) is 9.09. The van der Waals surface area contributed by atoms with Crippen LogP contribution >= 0.6 is 23.2 Å². The maximum absolute atomic E-state index is 5.86. The summed E-state index contributed by atoms with van der Waals surface area (Å²) in [6, 6.07) is 5.09. The molecular formula is C9H7Cl2N3O. The van der Waals surface area contributed by atoms with E-state index < -0.39 is 0 Å². The molecule has 0 aliphatic heterocycles. The van der Waals surface area contributed by atoms with Crippen LogP contribution in [0.4, 0.5) is 0 Å². The summed E-state index contributed by atoms with van der Waals surface area (Å²) in [5, 5.41) is 8.51. The van der Waals surface area contributed by atoms with Crippen LogP contribution in [-0.4, -0.2) is 10.2 Å². The smallest absolute Gasteiger partial charge is 0.247 e. The SMILES string of the molecule is NCc1nnc(-c2ccc(Cl)c(Cl)c2)o1. The summed E-state index contributed by atoms with van der Waals surface area (Å²) in [5.41, 5.74) is 6.07. The van der Waals surface area contributed by atoms with E-state index in [9.17, 15) is 0 Å². The molecule has 2 N–H and O–H groups in total. The fourth-order valence-electron chi connectivity index (χ4n) is 1.08. The van der Waals surface area contributed by atoms with Gasteiger partial charge in [-0.25, -0.2) is 0 Å². The zero-order chi connectivity index (χ0) is 10.8. The molecule has 1 heterocycles. The van der Waals surface area contributed by atoms with E-state index in [1.807, 2.05) is 0 Å². The molecule has 6 heteroatoms. The third kappa shape index (κ3) is 2.12. The average molecular weight is 244 g/mol. The first-order chi connectivity index (χ1) is 7.20. The van der Waals surface area contributed by atoms with Gasteiger partial charge in [0, 0.05) is 5.56 Å². The zero-order valence-electron chi connectivity index (χ0n) is 7.58. The average Bonchev–Trinajstić information content (AvgIpc) is 2.70. The maximum Gasteiger partial charge on any atom is 0.247 e. The van der Waals surface area contributed by atoms with E-state index in [-0.39, 0.29) is 6.54 Å². The minimum atomic E-state index is 0.217. The fraction of sp³-hybridized carbons (Fsp3) is 0.111. The summed E-state index contributed by atoms with van der Waals surface area (Å²) in [4.78, 5) is 0. The molecule has 0 spiro atoms. The number of rotatable bonds is 2. The summed E-state index contributed by atoms with van der Waals surface area (Å²) in [6.45, 7) is 0.217. The molecule has 0 saturated carbocycles. The molecule has 4 nitrogen and oxygen atoms in total. The van der Waals surface area contributed by atoms with E-state index in [0.717, 1.165) is 5.56 Å². The van der Waals surface area contributed by atoms with Crippen LogP contribution in [0.3, 0.4) is 0 Å². The maximum atomic E-state index is 5.86. The van der Waals surface area contributed by atoms with E-state index in [2.05, 4.69) is 10.2 Å². The number of nitrogens with zero attached hydrogens (tertiary/aromatic N) is 2. The molecular weight excluding hydrogens is 237 g/mol. The van der Waals surface area contributed by atoms with Crippen LogP contribution in [0.15, 0.2) is 22.6 Å². The predicted molar refractivity (Wildman–Crippen MR) is 57.6 cm³/mol. The van der Waals surface area contributed by atoms with Crippen molar-refractivity contribution >= 4 is 23.2 Å². The number of benzene rings is 1.